The van der Waals surface area contributed by atoms with E-state index in [1.807, 2.05) is 19.9 Å². The lowest BCUT2D eigenvalue weighted by molar-refractivity contribution is -0.128. The molecule has 128 valence electrons. The highest BCUT2D eigenvalue weighted by Gasteiger charge is 2.18. The van der Waals surface area contributed by atoms with Crippen LogP contribution in [0.1, 0.15) is 24.5 Å². The van der Waals surface area contributed by atoms with Gasteiger partial charge in [-0.1, -0.05) is 47.8 Å². The van der Waals surface area contributed by atoms with Crippen LogP contribution in [0.3, 0.4) is 0 Å². The first kappa shape index (κ1) is 18.9. The minimum absolute atomic E-state index is 0.198. The Morgan fingerprint density at radius 2 is 1.88 bits per heavy atom. The molecule has 24 heavy (non-hydrogen) atoms. The summed E-state index contributed by atoms with van der Waals surface area (Å²) in [5.74, 6) is 0.416. The predicted molar refractivity (Wildman–Crippen MR) is 99.2 cm³/mol. The lowest BCUT2D eigenvalue weighted by Crippen LogP contribution is -2.37. The molecule has 0 heterocycles. The summed E-state index contributed by atoms with van der Waals surface area (Å²) < 4.78 is 5.77. The molecule has 2 rings (SSSR count). The number of hydrogen-bond donors (Lipinski definition) is 1. The molecule has 0 aliphatic heterocycles. The van der Waals surface area contributed by atoms with E-state index in [4.69, 9.17) is 39.5 Å². The topological polar surface area (TPSA) is 38.3 Å². The lowest BCUT2D eigenvalue weighted by Gasteiger charge is -2.18. The number of benzene rings is 2. The Bertz CT molecular complexity index is 734. The lowest BCUT2D eigenvalue weighted by atomic mass is 10.2. The average molecular weight is 387 g/mol. The molecule has 0 bridgehead atoms. The smallest absolute Gasteiger partial charge is 0.261 e. The zero-order valence-corrected chi connectivity index (χ0v) is 15.7. The van der Waals surface area contributed by atoms with Crippen LogP contribution in [0.4, 0.5) is 0 Å². The van der Waals surface area contributed by atoms with Gasteiger partial charge in [-0.05, 0) is 54.8 Å². The van der Waals surface area contributed by atoms with E-state index in [2.05, 4.69) is 5.32 Å². The predicted octanol–water partition coefficient (Wildman–Crippen LogP) is 5.43. The first-order valence-electron chi connectivity index (χ1n) is 7.55. The zero-order chi connectivity index (χ0) is 17.7. The quantitative estimate of drug-likeness (QED) is 0.719. The summed E-state index contributed by atoms with van der Waals surface area (Å²) in [5, 5.41) is 4.58. The summed E-state index contributed by atoms with van der Waals surface area (Å²) in [6.07, 6.45) is -0.0429. The van der Waals surface area contributed by atoms with Gasteiger partial charge in [-0.25, -0.2) is 0 Å². The number of carbonyl (C=O) groups is 1. The summed E-state index contributed by atoms with van der Waals surface area (Å²) >= 11 is 18.0. The summed E-state index contributed by atoms with van der Waals surface area (Å²) in [6, 6.07) is 10.5. The third-order valence-electron chi connectivity index (χ3n) is 3.54. The standard InChI is InChI=1S/C18H18Cl3NO2/c1-3-17(24-14-6-7-15(20)11(2)8-14)18(23)22-10-12-4-5-13(19)9-16(12)21/h4-9,17H,3,10H2,1-2H3,(H,22,23)/t17-/m0/s1. The largest absolute Gasteiger partial charge is 0.481 e. The molecular formula is C18H18Cl3NO2. The van der Waals surface area contributed by atoms with Crippen LogP contribution in [0.25, 0.3) is 0 Å². The number of amides is 1. The third kappa shape index (κ3) is 5.04. The molecule has 0 radical (unpaired) electrons. The van der Waals surface area contributed by atoms with Gasteiger partial charge >= 0.3 is 0 Å². The van der Waals surface area contributed by atoms with Crippen LogP contribution in [-0.4, -0.2) is 12.0 Å². The molecule has 2 aromatic rings. The average Bonchev–Trinajstić information content (AvgIpc) is 2.54. The summed E-state index contributed by atoms with van der Waals surface area (Å²) in [5.41, 5.74) is 1.70. The second-order valence-corrected chi connectivity index (χ2v) is 6.63. The van der Waals surface area contributed by atoms with Crippen LogP contribution in [0, 0.1) is 6.92 Å². The molecule has 0 unspecified atom stereocenters. The number of hydrogen-bond acceptors (Lipinski definition) is 2. The van der Waals surface area contributed by atoms with Crippen LogP contribution >= 0.6 is 34.8 Å². The first-order chi connectivity index (χ1) is 11.4. The highest BCUT2D eigenvalue weighted by Crippen LogP contribution is 2.23. The molecule has 1 amide bonds. The van der Waals surface area contributed by atoms with E-state index in [0.29, 0.717) is 33.8 Å². The summed E-state index contributed by atoms with van der Waals surface area (Å²) in [7, 11) is 0. The van der Waals surface area contributed by atoms with E-state index in [1.54, 1.807) is 30.3 Å². The van der Waals surface area contributed by atoms with Gasteiger partial charge in [0.05, 0.1) is 0 Å². The molecule has 0 fully saturated rings. The number of nitrogens with one attached hydrogen (secondary N) is 1. The fraction of sp³-hybridized carbons (Fsp3) is 0.278. The van der Waals surface area contributed by atoms with E-state index in [1.165, 1.54) is 0 Å². The Kier molecular flexibility index (Phi) is 6.79. The van der Waals surface area contributed by atoms with Gasteiger partial charge in [0.1, 0.15) is 5.75 Å². The normalized spacial score (nSPS) is 11.9. The van der Waals surface area contributed by atoms with Crippen LogP contribution in [0.15, 0.2) is 36.4 Å². The van der Waals surface area contributed by atoms with E-state index in [9.17, 15) is 4.79 Å². The molecule has 0 aromatic heterocycles. The Morgan fingerprint density at radius 3 is 2.50 bits per heavy atom. The van der Waals surface area contributed by atoms with Crippen molar-refractivity contribution in [2.75, 3.05) is 0 Å². The Hall–Kier alpha value is -1.42. The SMILES string of the molecule is CC[C@H](Oc1ccc(Cl)c(C)c1)C(=O)NCc1ccc(Cl)cc1Cl. The molecular weight excluding hydrogens is 369 g/mol. The van der Waals surface area contributed by atoms with Crippen molar-refractivity contribution in [2.45, 2.75) is 32.9 Å². The second kappa shape index (κ2) is 8.61. The molecule has 1 N–H and O–H groups in total. The van der Waals surface area contributed by atoms with E-state index >= 15 is 0 Å². The number of halogens is 3. The van der Waals surface area contributed by atoms with E-state index in [-0.39, 0.29) is 5.91 Å². The zero-order valence-electron chi connectivity index (χ0n) is 13.4. The molecule has 0 aliphatic carbocycles. The van der Waals surface area contributed by atoms with Gasteiger partial charge in [-0.3, -0.25) is 4.79 Å². The summed E-state index contributed by atoms with van der Waals surface area (Å²) in [6.45, 7) is 4.09. The van der Waals surface area contributed by atoms with Crippen molar-refractivity contribution in [3.8, 4) is 5.75 Å². The Morgan fingerprint density at radius 1 is 1.12 bits per heavy atom. The van der Waals surface area contributed by atoms with Gasteiger partial charge in [-0.2, -0.15) is 0 Å². The van der Waals surface area contributed by atoms with Crippen molar-refractivity contribution >= 4 is 40.7 Å². The van der Waals surface area contributed by atoms with Gasteiger partial charge < -0.3 is 10.1 Å². The van der Waals surface area contributed by atoms with Crippen molar-refractivity contribution in [1.29, 1.82) is 0 Å². The van der Waals surface area contributed by atoms with E-state index in [0.717, 1.165) is 11.1 Å². The first-order valence-corrected chi connectivity index (χ1v) is 8.68. The van der Waals surface area contributed by atoms with Gasteiger partial charge in [0, 0.05) is 21.6 Å². The maximum absolute atomic E-state index is 12.4. The number of aryl methyl sites for hydroxylation is 1. The summed E-state index contributed by atoms with van der Waals surface area (Å²) in [4.78, 5) is 12.4. The van der Waals surface area contributed by atoms with Crippen molar-refractivity contribution in [2.24, 2.45) is 0 Å². The maximum atomic E-state index is 12.4. The Labute approximate surface area is 156 Å². The van der Waals surface area contributed by atoms with E-state index < -0.39 is 6.10 Å². The molecule has 2 aromatic carbocycles. The highest BCUT2D eigenvalue weighted by atomic mass is 35.5. The fourth-order valence-corrected chi connectivity index (χ4v) is 2.73. The minimum atomic E-state index is -0.586. The molecule has 0 spiro atoms. The van der Waals surface area contributed by atoms with Crippen LogP contribution in [-0.2, 0) is 11.3 Å². The molecule has 0 aliphatic rings. The highest BCUT2D eigenvalue weighted by molar-refractivity contribution is 6.35. The van der Waals surface area contributed by atoms with Crippen molar-refractivity contribution in [1.82, 2.24) is 5.32 Å². The fourth-order valence-electron chi connectivity index (χ4n) is 2.14. The van der Waals surface area contributed by atoms with Crippen molar-refractivity contribution < 1.29 is 9.53 Å². The number of ether oxygens (including phenoxy) is 1. The minimum Gasteiger partial charge on any atom is -0.481 e. The molecule has 1 atom stereocenters. The number of rotatable bonds is 6. The van der Waals surface area contributed by atoms with Crippen LogP contribution in [0.5, 0.6) is 5.75 Å². The molecule has 6 heteroatoms. The van der Waals surface area contributed by atoms with Crippen LogP contribution < -0.4 is 10.1 Å². The molecule has 0 saturated heterocycles. The van der Waals surface area contributed by atoms with Gasteiger partial charge in [0.25, 0.3) is 5.91 Å². The number of carbonyl (C=O) groups excluding carboxylic acids is 1. The van der Waals surface area contributed by atoms with Crippen LogP contribution in [0.2, 0.25) is 15.1 Å². The van der Waals surface area contributed by atoms with Crippen molar-refractivity contribution in [3.63, 3.8) is 0 Å². The van der Waals surface area contributed by atoms with Crippen molar-refractivity contribution in [3.05, 3.63) is 62.6 Å². The van der Waals surface area contributed by atoms with Gasteiger partial charge in [0.15, 0.2) is 6.10 Å². The monoisotopic (exact) mass is 385 g/mol. The van der Waals surface area contributed by atoms with Gasteiger partial charge in [-0.15, -0.1) is 0 Å². The maximum Gasteiger partial charge on any atom is 0.261 e. The molecule has 0 saturated carbocycles. The third-order valence-corrected chi connectivity index (χ3v) is 4.55. The Balaban J connectivity index is 1.99. The molecule has 3 nitrogen and oxygen atoms in total. The second-order valence-electron chi connectivity index (χ2n) is 5.38. The van der Waals surface area contributed by atoms with Gasteiger partial charge in [0.2, 0.25) is 0 Å².